The van der Waals surface area contributed by atoms with E-state index in [9.17, 15) is 8.78 Å². The van der Waals surface area contributed by atoms with Gasteiger partial charge in [-0.25, -0.2) is 8.78 Å². The van der Waals surface area contributed by atoms with Crippen molar-refractivity contribution in [2.75, 3.05) is 0 Å². The van der Waals surface area contributed by atoms with Crippen LogP contribution in [0.25, 0.3) is 0 Å². The molecule has 0 spiro atoms. The van der Waals surface area contributed by atoms with E-state index in [0.717, 1.165) is 0 Å². The molecule has 0 amide bonds. The number of rotatable bonds is 4. The van der Waals surface area contributed by atoms with Crippen LogP contribution in [0.4, 0.5) is 8.78 Å². The number of ether oxygens (including phenoxy) is 1. The molecule has 0 aromatic heterocycles. The second-order valence-corrected chi connectivity index (χ2v) is 4.96. The molecule has 21 heavy (non-hydrogen) atoms. The van der Waals surface area contributed by atoms with E-state index in [1.54, 1.807) is 30.3 Å². The van der Waals surface area contributed by atoms with Crippen molar-refractivity contribution in [2.45, 2.75) is 19.9 Å². The number of nitrogens with two attached hydrogens (primary N) is 1. The quantitative estimate of drug-likeness (QED) is 0.877. The lowest BCUT2D eigenvalue weighted by atomic mass is 9.96. The first-order valence-corrected chi connectivity index (χ1v) is 6.47. The van der Waals surface area contributed by atoms with E-state index in [2.05, 4.69) is 0 Å². The molecule has 0 aliphatic heterocycles. The molecule has 2 aromatic carbocycles. The van der Waals surface area contributed by atoms with E-state index < -0.39 is 23.4 Å². The summed E-state index contributed by atoms with van der Waals surface area (Å²) in [6.07, 6.45) is 0. The molecule has 2 N–H and O–H groups in total. The van der Waals surface area contributed by atoms with Gasteiger partial charge >= 0.3 is 0 Å². The predicted molar refractivity (Wildman–Crippen MR) is 81.9 cm³/mol. The molecule has 1 atom stereocenters. The molecule has 2 aromatic rings. The van der Waals surface area contributed by atoms with Crippen molar-refractivity contribution in [2.24, 2.45) is 11.7 Å². The summed E-state index contributed by atoms with van der Waals surface area (Å²) in [7, 11) is 0. The van der Waals surface area contributed by atoms with Crippen LogP contribution < -0.4 is 10.5 Å². The summed E-state index contributed by atoms with van der Waals surface area (Å²) in [6.45, 7) is 3.76. The third-order valence-electron chi connectivity index (χ3n) is 3.12. The Bertz CT molecular complexity index is 590. The van der Waals surface area contributed by atoms with E-state index in [0.29, 0.717) is 5.75 Å². The lowest BCUT2D eigenvalue weighted by molar-refractivity contribution is 0.394. The third kappa shape index (κ3) is 3.93. The normalized spacial score (nSPS) is 11.9. The molecule has 0 radical (unpaired) electrons. The van der Waals surface area contributed by atoms with Gasteiger partial charge in [-0.2, -0.15) is 0 Å². The highest BCUT2D eigenvalue weighted by Gasteiger charge is 2.21. The van der Waals surface area contributed by atoms with E-state index in [1.807, 2.05) is 13.8 Å². The van der Waals surface area contributed by atoms with Crippen molar-refractivity contribution >= 4 is 12.4 Å². The van der Waals surface area contributed by atoms with Crippen LogP contribution in [0.2, 0.25) is 0 Å². The Balaban J connectivity index is 0.00000220. The van der Waals surface area contributed by atoms with Crippen molar-refractivity contribution in [1.82, 2.24) is 0 Å². The monoisotopic (exact) mass is 313 g/mol. The van der Waals surface area contributed by atoms with Crippen molar-refractivity contribution in [3.05, 3.63) is 59.7 Å². The molecule has 2 rings (SSSR count). The first-order valence-electron chi connectivity index (χ1n) is 6.47. The highest BCUT2D eigenvalue weighted by atomic mass is 35.5. The van der Waals surface area contributed by atoms with Gasteiger partial charge in [0.2, 0.25) is 0 Å². The van der Waals surface area contributed by atoms with Crippen LogP contribution in [0.1, 0.15) is 25.5 Å². The second kappa shape index (κ2) is 7.38. The lowest BCUT2D eigenvalue weighted by Crippen LogP contribution is -2.18. The number of hydrogen-bond donors (Lipinski definition) is 1. The Morgan fingerprint density at radius 1 is 1.00 bits per heavy atom. The molecule has 1 unspecified atom stereocenters. The van der Waals surface area contributed by atoms with Crippen LogP contribution in [-0.2, 0) is 0 Å². The maximum Gasteiger partial charge on any atom is 0.198 e. The number of para-hydroxylation sites is 1. The molecular weight excluding hydrogens is 296 g/mol. The molecule has 5 heteroatoms. The molecule has 0 aliphatic rings. The molecule has 0 saturated carbocycles. The van der Waals surface area contributed by atoms with Crippen LogP contribution in [0.5, 0.6) is 11.5 Å². The maximum atomic E-state index is 14.4. The average Bonchev–Trinajstić information content (AvgIpc) is 2.44. The predicted octanol–water partition coefficient (Wildman–Crippen LogP) is 4.83. The standard InChI is InChI=1S/C16H17F2NO.ClH/c1-10(2)15(19)12-8-9-13(17)16(14(12)18)20-11-6-4-3-5-7-11;/h3-10,15H,19H2,1-2H3;1H. The van der Waals surface area contributed by atoms with Crippen LogP contribution in [0.3, 0.4) is 0 Å². The minimum absolute atomic E-state index is 0. The fourth-order valence-corrected chi connectivity index (χ4v) is 1.86. The van der Waals surface area contributed by atoms with Gasteiger partial charge in [0, 0.05) is 11.6 Å². The number of halogens is 3. The molecule has 2 nitrogen and oxygen atoms in total. The molecule has 114 valence electrons. The molecule has 0 heterocycles. The molecule has 0 saturated heterocycles. The van der Waals surface area contributed by atoms with Gasteiger partial charge in [-0.15, -0.1) is 12.4 Å². The molecule has 0 fully saturated rings. The zero-order valence-electron chi connectivity index (χ0n) is 11.8. The van der Waals surface area contributed by atoms with E-state index in [-0.39, 0.29) is 23.9 Å². The van der Waals surface area contributed by atoms with Gasteiger partial charge in [0.05, 0.1) is 0 Å². The molecular formula is C16H18ClF2NO. The Morgan fingerprint density at radius 3 is 2.19 bits per heavy atom. The van der Waals surface area contributed by atoms with Gasteiger partial charge in [0.25, 0.3) is 0 Å². The highest BCUT2D eigenvalue weighted by molar-refractivity contribution is 5.85. The largest absolute Gasteiger partial charge is 0.451 e. The highest BCUT2D eigenvalue weighted by Crippen LogP contribution is 2.33. The fourth-order valence-electron chi connectivity index (χ4n) is 1.86. The summed E-state index contributed by atoms with van der Waals surface area (Å²) in [5.74, 6) is -1.48. The van der Waals surface area contributed by atoms with Crippen LogP contribution in [0, 0.1) is 17.6 Å². The van der Waals surface area contributed by atoms with E-state index in [4.69, 9.17) is 10.5 Å². The van der Waals surface area contributed by atoms with Crippen LogP contribution >= 0.6 is 12.4 Å². The third-order valence-corrected chi connectivity index (χ3v) is 3.12. The van der Waals surface area contributed by atoms with E-state index in [1.165, 1.54) is 12.1 Å². The topological polar surface area (TPSA) is 35.2 Å². The van der Waals surface area contributed by atoms with Gasteiger partial charge in [0.1, 0.15) is 5.75 Å². The van der Waals surface area contributed by atoms with Crippen molar-refractivity contribution < 1.29 is 13.5 Å². The van der Waals surface area contributed by atoms with Crippen molar-refractivity contribution in [1.29, 1.82) is 0 Å². The van der Waals surface area contributed by atoms with Gasteiger partial charge in [0.15, 0.2) is 17.4 Å². The Morgan fingerprint density at radius 2 is 1.62 bits per heavy atom. The summed E-state index contributed by atoms with van der Waals surface area (Å²) in [6, 6.07) is 10.6. The summed E-state index contributed by atoms with van der Waals surface area (Å²) >= 11 is 0. The van der Waals surface area contributed by atoms with Crippen molar-refractivity contribution in [3.63, 3.8) is 0 Å². The van der Waals surface area contributed by atoms with Gasteiger partial charge in [-0.1, -0.05) is 38.1 Å². The average molecular weight is 314 g/mol. The van der Waals surface area contributed by atoms with Crippen molar-refractivity contribution in [3.8, 4) is 11.5 Å². The summed E-state index contributed by atoms with van der Waals surface area (Å²) in [4.78, 5) is 0. The first kappa shape index (κ1) is 17.4. The number of benzene rings is 2. The Hall–Kier alpha value is -1.65. The fraction of sp³-hybridized carbons (Fsp3) is 0.250. The second-order valence-electron chi connectivity index (χ2n) is 4.96. The Labute approximate surface area is 129 Å². The minimum atomic E-state index is -0.744. The number of hydrogen-bond acceptors (Lipinski definition) is 2. The zero-order chi connectivity index (χ0) is 14.7. The first-order chi connectivity index (χ1) is 9.50. The van der Waals surface area contributed by atoms with Gasteiger partial charge < -0.3 is 10.5 Å². The zero-order valence-corrected chi connectivity index (χ0v) is 12.7. The van der Waals surface area contributed by atoms with Gasteiger partial charge in [-0.3, -0.25) is 0 Å². The van der Waals surface area contributed by atoms with Crippen LogP contribution in [0.15, 0.2) is 42.5 Å². The maximum absolute atomic E-state index is 14.4. The summed E-state index contributed by atoms with van der Waals surface area (Å²) in [5, 5.41) is 0. The SMILES string of the molecule is CC(C)C(N)c1ccc(F)c(Oc2ccccc2)c1F.Cl. The molecule has 0 aliphatic carbocycles. The molecule has 0 bridgehead atoms. The smallest absolute Gasteiger partial charge is 0.198 e. The summed E-state index contributed by atoms with van der Waals surface area (Å²) in [5.41, 5.74) is 6.19. The van der Waals surface area contributed by atoms with Gasteiger partial charge in [-0.05, 0) is 24.1 Å². The Kier molecular flexibility index (Phi) is 6.12. The summed E-state index contributed by atoms with van der Waals surface area (Å²) < 4.78 is 33.5. The van der Waals surface area contributed by atoms with Crippen LogP contribution in [-0.4, -0.2) is 0 Å². The minimum Gasteiger partial charge on any atom is -0.451 e. The van der Waals surface area contributed by atoms with E-state index >= 15 is 0 Å². The lowest BCUT2D eigenvalue weighted by Gasteiger charge is -2.18.